The Balaban J connectivity index is 3.83. The van der Waals surface area contributed by atoms with Gasteiger partial charge in [0.05, 0.1) is 0 Å². The highest BCUT2D eigenvalue weighted by atomic mass is 15.1. The van der Waals surface area contributed by atoms with Gasteiger partial charge in [0, 0.05) is 12.6 Å². The molecule has 1 atom stereocenters. The molecule has 0 heterocycles. The fourth-order valence-corrected chi connectivity index (χ4v) is 1.75. The molecule has 0 saturated carbocycles. The molecule has 94 valence electrons. The van der Waals surface area contributed by atoms with Crippen molar-refractivity contribution in [1.82, 2.24) is 4.90 Å². The predicted octanol–water partition coefficient (Wildman–Crippen LogP) is 4.76. The first-order valence-corrected chi connectivity index (χ1v) is 6.81. The van der Waals surface area contributed by atoms with Crippen LogP contribution in [0.4, 0.5) is 0 Å². The molecule has 1 nitrogen and oxygen atoms in total. The van der Waals surface area contributed by atoms with Crippen molar-refractivity contribution in [3.05, 3.63) is 24.9 Å². The highest BCUT2D eigenvalue weighted by Gasteiger charge is 2.06. The monoisotopic (exact) mass is 223 g/mol. The molecule has 0 amide bonds. The van der Waals surface area contributed by atoms with Crippen molar-refractivity contribution in [2.24, 2.45) is 0 Å². The first-order valence-electron chi connectivity index (χ1n) is 6.81. The fourth-order valence-electron chi connectivity index (χ4n) is 1.75. The number of hydrogen-bond donors (Lipinski definition) is 0. The zero-order valence-corrected chi connectivity index (χ0v) is 11.4. The van der Waals surface area contributed by atoms with Crippen molar-refractivity contribution >= 4 is 0 Å². The molecule has 0 rings (SSSR count). The maximum atomic E-state index is 3.73. The summed E-state index contributed by atoms with van der Waals surface area (Å²) in [7, 11) is 0. The summed E-state index contributed by atoms with van der Waals surface area (Å²) >= 11 is 0. The van der Waals surface area contributed by atoms with Gasteiger partial charge >= 0.3 is 0 Å². The van der Waals surface area contributed by atoms with Crippen LogP contribution in [0.25, 0.3) is 0 Å². The molecule has 1 heteroatoms. The summed E-state index contributed by atoms with van der Waals surface area (Å²) in [5.41, 5.74) is 0. The average molecular weight is 223 g/mol. The van der Waals surface area contributed by atoms with Gasteiger partial charge in [0.25, 0.3) is 0 Å². The van der Waals surface area contributed by atoms with Gasteiger partial charge in [-0.15, -0.1) is 0 Å². The van der Waals surface area contributed by atoms with Gasteiger partial charge in [0.2, 0.25) is 0 Å². The van der Waals surface area contributed by atoms with Gasteiger partial charge in [0.1, 0.15) is 0 Å². The van der Waals surface area contributed by atoms with Crippen LogP contribution in [0, 0.1) is 0 Å². The third-order valence-corrected chi connectivity index (χ3v) is 3.09. The van der Waals surface area contributed by atoms with Crippen LogP contribution < -0.4 is 0 Å². The average Bonchev–Trinajstić information content (AvgIpc) is 2.31. The molecule has 16 heavy (non-hydrogen) atoms. The molecule has 0 aliphatic carbocycles. The number of nitrogens with zero attached hydrogens (tertiary/aromatic N) is 1. The molecular weight excluding hydrogens is 194 g/mol. The van der Waals surface area contributed by atoms with Crippen LogP contribution in [-0.4, -0.2) is 17.5 Å². The van der Waals surface area contributed by atoms with E-state index in [-0.39, 0.29) is 0 Å². The lowest BCUT2D eigenvalue weighted by molar-refractivity contribution is 0.279. The Morgan fingerprint density at radius 2 is 1.81 bits per heavy atom. The molecule has 1 unspecified atom stereocenters. The van der Waals surface area contributed by atoms with Gasteiger partial charge in [-0.3, -0.25) is 0 Å². The second-order valence-electron chi connectivity index (χ2n) is 4.49. The molecule has 0 aromatic heterocycles. The van der Waals surface area contributed by atoms with E-state index in [2.05, 4.69) is 38.5 Å². The molecule has 0 aromatic carbocycles. The van der Waals surface area contributed by atoms with Crippen LogP contribution >= 0.6 is 0 Å². The molecule has 0 aromatic rings. The van der Waals surface area contributed by atoms with E-state index in [0.717, 1.165) is 0 Å². The van der Waals surface area contributed by atoms with Crippen molar-refractivity contribution in [1.29, 1.82) is 0 Å². The van der Waals surface area contributed by atoms with Gasteiger partial charge in [-0.1, -0.05) is 52.2 Å². The van der Waals surface area contributed by atoms with Crippen LogP contribution in [0.3, 0.4) is 0 Å². The topological polar surface area (TPSA) is 3.24 Å². The van der Waals surface area contributed by atoms with Crippen LogP contribution in [0.15, 0.2) is 24.9 Å². The van der Waals surface area contributed by atoms with E-state index >= 15 is 0 Å². The van der Waals surface area contributed by atoms with Crippen molar-refractivity contribution < 1.29 is 0 Å². The molecule has 0 radical (unpaired) electrons. The van der Waals surface area contributed by atoms with Gasteiger partial charge in [0.15, 0.2) is 0 Å². The zero-order chi connectivity index (χ0) is 12.2. The first-order chi connectivity index (χ1) is 7.76. The number of hydrogen-bond acceptors (Lipinski definition) is 1. The summed E-state index contributed by atoms with van der Waals surface area (Å²) in [4.78, 5) is 2.44. The minimum absolute atomic E-state index is 0.641. The van der Waals surface area contributed by atoms with E-state index in [9.17, 15) is 0 Å². The highest BCUT2D eigenvalue weighted by molar-refractivity contribution is 4.97. The van der Waals surface area contributed by atoms with Crippen molar-refractivity contribution in [3.63, 3.8) is 0 Å². The van der Waals surface area contributed by atoms with Gasteiger partial charge in [-0.25, -0.2) is 0 Å². The van der Waals surface area contributed by atoms with Crippen molar-refractivity contribution in [3.8, 4) is 0 Å². The number of allylic oxidation sites excluding steroid dienone is 2. The van der Waals surface area contributed by atoms with Gasteiger partial charge < -0.3 is 4.90 Å². The summed E-state index contributed by atoms with van der Waals surface area (Å²) in [5, 5.41) is 0. The Bertz CT molecular complexity index is 184. The summed E-state index contributed by atoms with van der Waals surface area (Å²) in [6.07, 6.45) is 14.0. The second-order valence-corrected chi connectivity index (χ2v) is 4.49. The van der Waals surface area contributed by atoms with E-state index in [4.69, 9.17) is 0 Å². The Labute approximate surface area is 102 Å². The fraction of sp³-hybridized carbons (Fsp3) is 0.733. The second kappa shape index (κ2) is 10.8. The molecule has 0 aliphatic rings. The Morgan fingerprint density at radius 3 is 2.38 bits per heavy atom. The largest absolute Gasteiger partial charge is 0.375 e. The summed E-state index contributed by atoms with van der Waals surface area (Å²) in [5.74, 6) is 0. The van der Waals surface area contributed by atoms with Gasteiger partial charge in [-0.2, -0.15) is 0 Å². The molecule has 0 saturated heterocycles. The Kier molecular flexibility index (Phi) is 10.3. The van der Waals surface area contributed by atoms with E-state index in [0.29, 0.717) is 6.04 Å². The molecule has 0 N–H and O–H groups in total. The van der Waals surface area contributed by atoms with Crippen LogP contribution in [0.1, 0.15) is 59.3 Å². The maximum Gasteiger partial charge on any atom is 0.0253 e. The number of rotatable bonds is 10. The highest BCUT2D eigenvalue weighted by Crippen LogP contribution is 2.09. The normalized spacial score (nSPS) is 12.9. The van der Waals surface area contributed by atoms with Crippen LogP contribution in [0.2, 0.25) is 0 Å². The summed E-state index contributed by atoms with van der Waals surface area (Å²) in [6.45, 7) is 11.7. The SMILES string of the molecule is C=C/C=C\N(CCCCCCC)C(C)CC. The minimum Gasteiger partial charge on any atom is -0.375 e. The Morgan fingerprint density at radius 1 is 1.12 bits per heavy atom. The van der Waals surface area contributed by atoms with Crippen molar-refractivity contribution in [2.75, 3.05) is 6.54 Å². The predicted molar refractivity (Wildman–Crippen MR) is 74.6 cm³/mol. The van der Waals surface area contributed by atoms with E-state index in [1.807, 2.05) is 12.2 Å². The lowest BCUT2D eigenvalue weighted by Gasteiger charge is -2.27. The van der Waals surface area contributed by atoms with Crippen LogP contribution in [-0.2, 0) is 0 Å². The number of unbranched alkanes of at least 4 members (excludes halogenated alkanes) is 4. The van der Waals surface area contributed by atoms with Gasteiger partial charge in [-0.05, 0) is 32.0 Å². The van der Waals surface area contributed by atoms with Crippen molar-refractivity contribution in [2.45, 2.75) is 65.3 Å². The quantitative estimate of drug-likeness (QED) is 0.381. The molecular formula is C15H29N. The summed E-state index contributed by atoms with van der Waals surface area (Å²) < 4.78 is 0. The summed E-state index contributed by atoms with van der Waals surface area (Å²) in [6, 6.07) is 0.641. The lowest BCUT2D eigenvalue weighted by Crippen LogP contribution is -2.28. The zero-order valence-electron chi connectivity index (χ0n) is 11.4. The third kappa shape index (κ3) is 7.56. The van der Waals surface area contributed by atoms with E-state index in [1.54, 1.807) is 0 Å². The maximum absolute atomic E-state index is 3.73. The molecule has 0 spiro atoms. The van der Waals surface area contributed by atoms with Crippen LogP contribution in [0.5, 0.6) is 0 Å². The lowest BCUT2D eigenvalue weighted by atomic mass is 10.1. The minimum atomic E-state index is 0.641. The first kappa shape index (κ1) is 15.3. The van der Waals surface area contributed by atoms with E-state index < -0.39 is 0 Å². The molecule has 0 fully saturated rings. The molecule has 0 bridgehead atoms. The van der Waals surface area contributed by atoms with E-state index in [1.165, 1.54) is 45.1 Å². The smallest absolute Gasteiger partial charge is 0.0253 e. The molecule has 0 aliphatic heterocycles. The third-order valence-electron chi connectivity index (χ3n) is 3.09. The Hall–Kier alpha value is -0.720. The standard InChI is InChI=1S/C15H29N/c1-5-8-10-11-12-14-16(13-9-6-2)15(4)7-3/h6,9,13,15H,2,5,7-8,10-12,14H2,1,3-4H3/b13-9-.